The Labute approximate surface area is 165 Å². The Morgan fingerprint density at radius 2 is 1.62 bits per heavy atom. The number of piperazine rings is 1. The highest BCUT2D eigenvalue weighted by Crippen LogP contribution is 2.30. The number of rotatable bonds is 3. The van der Waals surface area contributed by atoms with Gasteiger partial charge in [0.25, 0.3) is 5.91 Å². The number of benzene rings is 2. The summed E-state index contributed by atoms with van der Waals surface area (Å²) in [6.07, 6.45) is -4.55. The number of sulfonamides is 1. The molecule has 2 aromatic rings. The number of carbonyl (C=O) groups is 1. The Kier molecular flexibility index (Phi) is 5.64. The molecule has 0 N–H and O–H groups in total. The van der Waals surface area contributed by atoms with Crippen LogP contribution in [-0.2, 0) is 16.2 Å². The second-order valence-electron chi connectivity index (χ2n) is 6.41. The van der Waals surface area contributed by atoms with E-state index in [2.05, 4.69) is 0 Å². The van der Waals surface area contributed by atoms with Gasteiger partial charge in [0.15, 0.2) is 0 Å². The summed E-state index contributed by atoms with van der Waals surface area (Å²) in [4.78, 5) is 13.9. The maximum absolute atomic E-state index is 12.8. The molecule has 1 heterocycles. The molecular formula is C19H16F3N3O3S. The van der Waals surface area contributed by atoms with Crippen molar-refractivity contribution in [3.8, 4) is 6.07 Å². The summed E-state index contributed by atoms with van der Waals surface area (Å²) >= 11 is 0. The van der Waals surface area contributed by atoms with Gasteiger partial charge in [-0.05, 0) is 42.5 Å². The Morgan fingerprint density at radius 1 is 1.00 bits per heavy atom. The first kappa shape index (κ1) is 20.8. The number of nitrogens with zero attached hydrogens (tertiary/aromatic N) is 3. The van der Waals surface area contributed by atoms with E-state index in [0.29, 0.717) is 5.56 Å². The molecule has 0 atom stereocenters. The van der Waals surface area contributed by atoms with Gasteiger partial charge in [-0.3, -0.25) is 4.79 Å². The summed E-state index contributed by atoms with van der Waals surface area (Å²) in [7, 11) is -3.79. The molecule has 29 heavy (non-hydrogen) atoms. The molecule has 10 heteroatoms. The van der Waals surface area contributed by atoms with Crippen LogP contribution in [-0.4, -0.2) is 49.7 Å². The smallest absolute Gasteiger partial charge is 0.336 e. The van der Waals surface area contributed by atoms with Crippen LogP contribution in [0.3, 0.4) is 0 Å². The third-order valence-electron chi connectivity index (χ3n) is 4.58. The fourth-order valence-corrected chi connectivity index (χ4v) is 4.42. The molecule has 1 aliphatic heterocycles. The Hall–Kier alpha value is -2.90. The summed E-state index contributed by atoms with van der Waals surface area (Å²) in [5.74, 6) is -0.577. The lowest BCUT2D eigenvalue weighted by atomic mass is 10.1. The molecule has 152 valence electrons. The zero-order valence-electron chi connectivity index (χ0n) is 15.1. The zero-order valence-corrected chi connectivity index (χ0v) is 15.9. The number of amides is 1. The predicted molar refractivity (Wildman–Crippen MR) is 97.3 cm³/mol. The minimum Gasteiger partial charge on any atom is -0.336 e. The van der Waals surface area contributed by atoms with Crippen LogP contribution in [0.2, 0.25) is 0 Å². The van der Waals surface area contributed by atoms with Gasteiger partial charge in [-0.25, -0.2) is 8.42 Å². The van der Waals surface area contributed by atoms with Gasteiger partial charge in [0, 0.05) is 31.7 Å². The SMILES string of the molecule is N#Cc1ccc(S(=O)(=O)N2CCN(C(=O)c3cccc(C(F)(F)F)c3)CC2)cc1. The van der Waals surface area contributed by atoms with E-state index in [0.717, 1.165) is 12.1 Å². The minimum absolute atomic E-state index is 0.0209. The van der Waals surface area contributed by atoms with Crippen molar-refractivity contribution in [3.63, 3.8) is 0 Å². The molecule has 1 saturated heterocycles. The average molecular weight is 423 g/mol. The Morgan fingerprint density at radius 3 is 2.17 bits per heavy atom. The second kappa shape index (κ2) is 7.85. The number of nitriles is 1. The van der Waals surface area contributed by atoms with Crippen LogP contribution >= 0.6 is 0 Å². The van der Waals surface area contributed by atoms with Gasteiger partial charge >= 0.3 is 6.18 Å². The van der Waals surface area contributed by atoms with E-state index in [4.69, 9.17) is 5.26 Å². The van der Waals surface area contributed by atoms with Gasteiger partial charge in [-0.15, -0.1) is 0 Å². The number of halogens is 3. The highest BCUT2D eigenvalue weighted by molar-refractivity contribution is 7.89. The van der Waals surface area contributed by atoms with Gasteiger partial charge in [-0.2, -0.15) is 22.7 Å². The van der Waals surface area contributed by atoms with Crippen molar-refractivity contribution in [2.45, 2.75) is 11.1 Å². The third-order valence-corrected chi connectivity index (χ3v) is 6.50. The fourth-order valence-electron chi connectivity index (χ4n) is 2.99. The second-order valence-corrected chi connectivity index (χ2v) is 8.35. The van der Waals surface area contributed by atoms with Crippen molar-refractivity contribution in [1.29, 1.82) is 5.26 Å². The van der Waals surface area contributed by atoms with Gasteiger partial charge < -0.3 is 4.90 Å². The maximum atomic E-state index is 12.8. The number of alkyl halides is 3. The minimum atomic E-state index is -4.55. The van der Waals surface area contributed by atoms with Crippen LogP contribution in [0.5, 0.6) is 0 Å². The van der Waals surface area contributed by atoms with Crippen molar-refractivity contribution < 1.29 is 26.4 Å². The first-order valence-electron chi connectivity index (χ1n) is 8.60. The molecule has 0 saturated carbocycles. The number of carbonyl (C=O) groups excluding carboxylic acids is 1. The van der Waals surface area contributed by atoms with Gasteiger partial charge in [0.05, 0.1) is 22.1 Å². The van der Waals surface area contributed by atoms with Gasteiger partial charge in [-0.1, -0.05) is 6.07 Å². The maximum Gasteiger partial charge on any atom is 0.416 e. The van der Waals surface area contributed by atoms with Crippen LogP contribution in [0.1, 0.15) is 21.5 Å². The van der Waals surface area contributed by atoms with Crippen molar-refractivity contribution in [1.82, 2.24) is 9.21 Å². The third kappa shape index (κ3) is 4.41. The van der Waals surface area contributed by atoms with Crippen molar-refractivity contribution in [3.05, 3.63) is 65.2 Å². The lowest BCUT2D eigenvalue weighted by molar-refractivity contribution is -0.137. The highest BCUT2D eigenvalue weighted by Gasteiger charge is 2.33. The van der Waals surface area contributed by atoms with E-state index in [9.17, 15) is 26.4 Å². The van der Waals surface area contributed by atoms with Gasteiger partial charge in [0.1, 0.15) is 0 Å². The summed E-state index contributed by atoms with van der Waals surface area (Å²) in [6.45, 7) is 0.162. The van der Waals surface area contributed by atoms with E-state index >= 15 is 0 Å². The quantitative estimate of drug-likeness (QED) is 0.760. The van der Waals surface area contributed by atoms with Crippen LogP contribution in [0.25, 0.3) is 0 Å². The summed E-state index contributed by atoms with van der Waals surface area (Å²) in [5.41, 5.74) is -0.672. The molecule has 2 aromatic carbocycles. The summed E-state index contributed by atoms with van der Waals surface area (Å²) in [5, 5.41) is 8.81. The Bertz CT molecular complexity index is 1050. The molecular weight excluding hydrogens is 407 g/mol. The first-order chi connectivity index (χ1) is 13.6. The molecule has 1 fully saturated rings. The predicted octanol–water partition coefficient (Wildman–Crippen LogP) is 2.72. The summed E-state index contributed by atoms with van der Waals surface area (Å²) in [6, 6.07) is 11.6. The number of hydrogen-bond acceptors (Lipinski definition) is 4. The average Bonchev–Trinajstić information content (AvgIpc) is 2.73. The van der Waals surface area contributed by atoms with E-state index < -0.39 is 27.7 Å². The lowest BCUT2D eigenvalue weighted by Crippen LogP contribution is -2.50. The van der Waals surface area contributed by atoms with Crippen molar-refractivity contribution in [2.75, 3.05) is 26.2 Å². The first-order valence-corrected chi connectivity index (χ1v) is 10.0. The zero-order chi connectivity index (χ0) is 21.2. The van der Waals surface area contributed by atoms with E-state index in [1.807, 2.05) is 6.07 Å². The molecule has 0 bridgehead atoms. The molecule has 0 aromatic heterocycles. The molecule has 0 spiro atoms. The lowest BCUT2D eigenvalue weighted by Gasteiger charge is -2.34. The molecule has 0 aliphatic carbocycles. The van der Waals surface area contributed by atoms with Crippen LogP contribution in [0.15, 0.2) is 53.4 Å². The van der Waals surface area contributed by atoms with E-state index in [-0.39, 0.29) is 36.6 Å². The molecule has 1 aliphatic rings. The molecule has 0 radical (unpaired) electrons. The van der Waals surface area contributed by atoms with Crippen molar-refractivity contribution in [2.24, 2.45) is 0 Å². The largest absolute Gasteiger partial charge is 0.416 e. The standard InChI is InChI=1S/C19H16F3N3O3S/c20-19(21,22)16-3-1-2-15(12-16)18(26)24-8-10-25(11-9-24)29(27,28)17-6-4-14(13-23)5-7-17/h1-7,12H,8-11H2. The highest BCUT2D eigenvalue weighted by atomic mass is 32.2. The molecule has 1 amide bonds. The monoisotopic (exact) mass is 423 g/mol. The normalized spacial score (nSPS) is 15.7. The van der Waals surface area contributed by atoms with E-state index in [1.54, 1.807) is 0 Å². The summed E-state index contributed by atoms with van der Waals surface area (Å²) < 4.78 is 65.2. The van der Waals surface area contributed by atoms with Crippen molar-refractivity contribution >= 4 is 15.9 Å². The Balaban J connectivity index is 1.70. The molecule has 3 rings (SSSR count). The number of hydrogen-bond donors (Lipinski definition) is 0. The van der Waals surface area contributed by atoms with E-state index in [1.165, 1.54) is 45.6 Å². The van der Waals surface area contributed by atoms with Crippen LogP contribution < -0.4 is 0 Å². The fraction of sp³-hybridized carbons (Fsp3) is 0.263. The molecule has 6 nitrogen and oxygen atoms in total. The van der Waals surface area contributed by atoms with Crippen LogP contribution in [0.4, 0.5) is 13.2 Å². The molecule has 0 unspecified atom stereocenters. The topological polar surface area (TPSA) is 81.5 Å². The van der Waals surface area contributed by atoms with Crippen LogP contribution in [0, 0.1) is 11.3 Å². The van der Waals surface area contributed by atoms with Gasteiger partial charge in [0.2, 0.25) is 10.0 Å².